The lowest BCUT2D eigenvalue weighted by Crippen LogP contribution is -2.27. The number of nitrogens with one attached hydrogen (secondary N) is 1. The van der Waals surface area contributed by atoms with E-state index < -0.39 is 21.7 Å². The molecule has 7 nitrogen and oxygen atoms in total. The number of anilines is 1. The van der Waals surface area contributed by atoms with E-state index in [4.69, 9.17) is 4.74 Å². The van der Waals surface area contributed by atoms with Crippen LogP contribution in [0.25, 0.3) is 0 Å². The van der Waals surface area contributed by atoms with Gasteiger partial charge in [-0.1, -0.05) is 6.07 Å². The highest BCUT2D eigenvalue weighted by Crippen LogP contribution is 2.25. The maximum atomic E-state index is 13.3. The van der Waals surface area contributed by atoms with Crippen LogP contribution in [0.15, 0.2) is 65.7 Å². The lowest BCUT2D eigenvalue weighted by Gasteiger charge is -2.13. The van der Waals surface area contributed by atoms with E-state index in [2.05, 4.69) is 5.32 Å². The van der Waals surface area contributed by atoms with Gasteiger partial charge in [-0.3, -0.25) is 4.79 Å². The second-order valence-electron chi connectivity index (χ2n) is 7.32. The van der Waals surface area contributed by atoms with Crippen molar-refractivity contribution < 1.29 is 22.3 Å². The van der Waals surface area contributed by atoms with Crippen molar-refractivity contribution in [2.24, 2.45) is 7.05 Å². The molecule has 9 heteroatoms. The molecule has 0 radical (unpaired) electrons. The van der Waals surface area contributed by atoms with Gasteiger partial charge in [0.15, 0.2) is 0 Å². The first kappa shape index (κ1) is 21.1. The van der Waals surface area contributed by atoms with Gasteiger partial charge in [-0.15, -0.1) is 0 Å². The molecule has 1 N–H and O–H groups in total. The van der Waals surface area contributed by atoms with E-state index >= 15 is 0 Å². The average Bonchev–Trinajstić information content (AvgIpc) is 3.40. The molecule has 1 fully saturated rings. The van der Waals surface area contributed by atoms with Crippen molar-refractivity contribution in [3.63, 3.8) is 0 Å². The number of benzene rings is 2. The number of carbonyl (C=O) groups excluding carboxylic acids is 1. The first-order valence-corrected chi connectivity index (χ1v) is 11.3. The number of hydrogen-bond acceptors (Lipinski definition) is 4. The van der Waals surface area contributed by atoms with E-state index in [-0.39, 0.29) is 10.6 Å². The van der Waals surface area contributed by atoms with Crippen LogP contribution in [-0.2, 0) is 17.1 Å². The van der Waals surface area contributed by atoms with Gasteiger partial charge in [0, 0.05) is 38.1 Å². The Labute approximate surface area is 180 Å². The molecule has 0 unspecified atom stereocenters. The molecule has 1 saturated heterocycles. The summed E-state index contributed by atoms with van der Waals surface area (Å²) in [6, 6.07) is 13.8. The van der Waals surface area contributed by atoms with Crippen LogP contribution in [0.1, 0.15) is 23.3 Å². The third kappa shape index (κ3) is 4.62. The first-order chi connectivity index (χ1) is 14.8. The minimum Gasteiger partial charge on any atom is -0.457 e. The minimum absolute atomic E-state index is 0.112. The fourth-order valence-corrected chi connectivity index (χ4v) is 5.04. The molecule has 1 aliphatic heterocycles. The van der Waals surface area contributed by atoms with Crippen molar-refractivity contribution in [1.82, 2.24) is 8.87 Å². The number of ether oxygens (including phenoxy) is 1. The third-order valence-corrected chi connectivity index (χ3v) is 6.92. The van der Waals surface area contributed by atoms with E-state index in [1.807, 2.05) is 0 Å². The summed E-state index contributed by atoms with van der Waals surface area (Å²) in [4.78, 5) is 12.8. The Kier molecular flexibility index (Phi) is 5.79. The lowest BCUT2D eigenvalue weighted by molar-refractivity contribution is 0.101. The van der Waals surface area contributed by atoms with Crippen molar-refractivity contribution in [3.05, 3.63) is 72.3 Å². The molecule has 0 saturated carbocycles. The van der Waals surface area contributed by atoms with Crippen LogP contribution >= 0.6 is 0 Å². The van der Waals surface area contributed by atoms with Crippen molar-refractivity contribution >= 4 is 21.6 Å². The predicted octanol–water partition coefficient (Wildman–Crippen LogP) is 3.99. The monoisotopic (exact) mass is 443 g/mol. The second-order valence-corrected chi connectivity index (χ2v) is 9.26. The quantitative estimate of drug-likeness (QED) is 0.625. The predicted molar refractivity (Wildman–Crippen MR) is 114 cm³/mol. The highest BCUT2D eigenvalue weighted by molar-refractivity contribution is 7.89. The molecule has 0 aliphatic carbocycles. The summed E-state index contributed by atoms with van der Waals surface area (Å²) in [7, 11) is -1.96. The Morgan fingerprint density at radius 3 is 2.42 bits per heavy atom. The fraction of sp³-hybridized carbons (Fsp3) is 0.227. The number of aromatic nitrogens is 1. The standard InChI is InChI=1S/C22H22FN3O4S/c1-25-15-20(31(28,29)26-11-2-3-12-26)14-21(25)22(27)24-17-7-9-18(10-8-17)30-19-6-4-5-16(23)13-19/h4-10,13-15H,2-3,11-12H2,1H3,(H,24,27). The number of rotatable bonds is 6. The summed E-state index contributed by atoms with van der Waals surface area (Å²) < 4.78 is 47.3. The molecule has 3 aromatic rings. The summed E-state index contributed by atoms with van der Waals surface area (Å²) >= 11 is 0. The SMILES string of the molecule is Cn1cc(S(=O)(=O)N2CCCC2)cc1C(=O)Nc1ccc(Oc2cccc(F)c2)cc1. The smallest absolute Gasteiger partial charge is 0.272 e. The Hall–Kier alpha value is -3.17. The second kappa shape index (κ2) is 8.52. The number of halogens is 1. The molecule has 2 heterocycles. The van der Waals surface area contributed by atoms with Gasteiger partial charge in [-0.25, -0.2) is 12.8 Å². The highest BCUT2D eigenvalue weighted by atomic mass is 32.2. The Balaban J connectivity index is 1.45. The Morgan fingerprint density at radius 2 is 1.74 bits per heavy atom. The number of aryl methyl sites for hydroxylation is 1. The summed E-state index contributed by atoms with van der Waals surface area (Å²) in [6.45, 7) is 1.01. The molecule has 162 valence electrons. The van der Waals surface area contributed by atoms with Crippen LogP contribution in [0.5, 0.6) is 11.5 Å². The number of hydrogen-bond donors (Lipinski definition) is 1. The molecule has 1 aliphatic rings. The van der Waals surface area contributed by atoms with Crippen molar-refractivity contribution in [2.75, 3.05) is 18.4 Å². The molecule has 4 rings (SSSR count). The average molecular weight is 444 g/mol. The third-order valence-electron chi connectivity index (χ3n) is 5.06. The largest absolute Gasteiger partial charge is 0.457 e. The topological polar surface area (TPSA) is 80.6 Å². The molecule has 0 spiro atoms. The van der Waals surface area contributed by atoms with Gasteiger partial charge < -0.3 is 14.6 Å². The van der Waals surface area contributed by atoms with Crippen LogP contribution < -0.4 is 10.1 Å². The van der Waals surface area contributed by atoms with Gasteiger partial charge in [-0.05, 0) is 55.3 Å². The molecule has 0 bridgehead atoms. The number of sulfonamides is 1. The van der Waals surface area contributed by atoms with Gasteiger partial charge in [0.25, 0.3) is 5.91 Å². The highest BCUT2D eigenvalue weighted by Gasteiger charge is 2.29. The minimum atomic E-state index is -3.60. The maximum Gasteiger partial charge on any atom is 0.272 e. The van der Waals surface area contributed by atoms with E-state index in [0.29, 0.717) is 30.3 Å². The van der Waals surface area contributed by atoms with Gasteiger partial charge >= 0.3 is 0 Å². The summed E-state index contributed by atoms with van der Waals surface area (Å²) in [5.41, 5.74) is 0.750. The number of carbonyl (C=O) groups is 1. The van der Waals surface area contributed by atoms with Crippen molar-refractivity contribution in [2.45, 2.75) is 17.7 Å². The van der Waals surface area contributed by atoms with Crippen LogP contribution in [0, 0.1) is 5.82 Å². The molecule has 31 heavy (non-hydrogen) atoms. The van der Waals surface area contributed by atoms with Crippen molar-refractivity contribution in [3.8, 4) is 11.5 Å². The molecular weight excluding hydrogens is 421 g/mol. The molecule has 2 aromatic carbocycles. The van der Waals surface area contributed by atoms with Gasteiger partial charge in [-0.2, -0.15) is 4.31 Å². The molecule has 1 aromatic heterocycles. The van der Waals surface area contributed by atoms with Gasteiger partial charge in [0.2, 0.25) is 10.0 Å². The number of nitrogens with zero attached hydrogens (tertiary/aromatic N) is 2. The van der Waals surface area contributed by atoms with Gasteiger partial charge in [0.05, 0.1) is 0 Å². The van der Waals surface area contributed by atoms with Crippen LogP contribution in [0.4, 0.5) is 10.1 Å². The number of amides is 1. The first-order valence-electron chi connectivity index (χ1n) is 9.84. The van der Waals surface area contributed by atoms with Crippen LogP contribution in [0.2, 0.25) is 0 Å². The van der Waals surface area contributed by atoms with Crippen LogP contribution in [0.3, 0.4) is 0 Å². The van der Waals surface area contributed by atoms with Crippen molar-refractivity contribution in [1.29, 1.82) is 0 Å². The van der Waals surface area contributed by atoms with Crippen LogP contribution in [-0.4, -0.2) is 36.3 Å². The van der Waals surface area contributed by atoms with E-state index in [1.165, 1.54) is 33.3 Å². The fourth-order valence-electron chi connectivity index (χ4n) is 3.45. The van der Waals surface area contributed by atoms with Gasteiger partial charge in [0.1, 0.15) is 27.9 Å². The summed E-state index contributed by atoms with van der Waals surface area (Å²) in [6.07, 6.45) is 3.15. The Bertz CT molecular complexity index is 1200. The lowest BCUT2D eigenvalue weighted by atomic mass is 10.3. The zero-order valence-corrected chi connectivity index (χ0v) is 17.7. The summed E-state index contributed by atoms with van der Waals surface area (Å²) in [5, 5.41) is 2.75. The molecule has 1 amide bonds. The van der Waals surface area contributed by atoms with E-state index in [9.17, 15) is 17.6 Å². The normalized spacial score (nSPS) is 14.5. The maximum absolute atomic E-state index is 13.3. The van der Waals surface area contributed by atoms with E-state index in [1.54, 1.807) is 43.4 Å². The van der Waals surface area contributed by atoms with E-state index in [0.717, 1.165) is 12.8 Å². The molecule has 0 atom stereocenters. The zero-order valence-electron chi connectivity index (χ0n) is 16.9. The Morgan fingerprint density at radius 1 is 1.03 bits per heavy atom. The molecular formula is C22H22FN3O4S. The summed E-state index contributed by atoms with van der Waals surface area (Å²) in [5.74, 6) is 0.0352. The zero-order chi connectivity index (χ0) is 22.0.